The predicted octanol–water partition coefficient (Wildman–Crippen LogP) is 2.54. The van der Waals surface area contributed by atoms with E-state index in [0.29, 0.717) is 0 Å². The lowest BCUT2D eigenvalue weighted by atomic mass is 10.1. The number of nitrogens with zero attached hydrogens (tertiary/aromatic N) is 2. The minimum absolute atomic E-state index is 0.0273. The van der Waals surface area contributed by atoms with Crippen LogP contribution in [-0.2, 0) is 0 Å². The van der Waals surface area contributed by atoms with Crippen molar-refractivity contribution < 1.29 is 0 Å². The molecule has 0 aromatic heterocycles. The van der Waals surface area contributed by atoms with E-state index in [9.17, 15) is 0 Å². The monoisotopic (exact) mass is 170 g/mol. The molecule has 0 atom stereocenters. The highest BCUT2D eigenvalue weighted by Crippen LogP contribution is 2.10. The lowest BCUT2D eigenvalue weighted by Gasteiger charge is -2.30. The number of rotatable bonds is 1. The maximum Gasteiger partial charge on any atom is 0.0858 e. The molecule has 0 heterocycles. The summed E-state index contributed by atoms with van der Waals surface area (Å²) in [6.45, 7) is 12.8. The minimum atomic E-state index is 0.0273. The van der Waals surface area contributed by atoms with Crippen molar-refractivity contribution in [3.05, 3.63) is 0 Å². The van der Waals surface area contributed by atoms with Crippen LogP contribution in [0, 0.1) is 0 Å². The van der Waals surface area contributed by atoms with Crippen LogP contribution in [0.15, 0.2) is 4.99 Å². The summed E-state index contributed by atoms with van der Waals surface area (Å²) in [5.41, 5.74) is 0.189. The molecule has 0 amide bonds. The van der Waals surface area contributed by atoms with Crippen molar-refractivity contribution in [2.75, 3.05) is 7.05 Å². The molecule has 0 radical (unpaired) electrons. The van der Waals surface area contributed by atoms with Gasteiger partial charge in [-0.25, -0.2) is 0 Å². The van der Waals surface area contributed by atoms with E-state index in [4.69, 9.17) is 0 Å². The Morgan fingerprint density at radius 1 is 1.00 bits per heavy atom. The van der Waals surface area contributed by atoms with Crippen molar-refractivity contribution in [1.82, 2.24) is 4.90 Å². The first-order chi connectivity index (χ1) is 5.13. The number of hydrogen-bond acceptors (Lipinski definition) is 1. The zero-order valence-corrected chi connectivity index (χ0v) is 9.47. The van der Waals surface area contributed by atoms with Gasteiger partial charge in [-0.3, -0.25) is 4.99 Å². The van der Waals surface area contributed by atoms with E-state index < -0.39 is 0 Å². The van der Waals surface area contributed by atoms with E-state index in [1.165, 1.54) is 0 Å². The zero-order chi connectivity index (χ0) is 9.99. The Hall–Kier alpha value is -0.530. The van der Waals surface area contributed by atoms with Gasteiger partial charge in [-0.05, 0) is 41.5 Å². The SMILES string of the molecule is CN(C=NC(C)(C)C)C(C)(C)C. The fourth-order valence-electron chi connectivity index (χ4n) is 0.433. The molecule has 0 unspecified atom stereocenters. The molecule has 0 rings (SSSR count). The molecule has 2 nitrogen and oxygen atoms in total. The molecule has 72 valence electrons. The van der Waals surface area contributed by atoms with Crippen LogP contribution in [-0.4, -0.2) is 29.4 Å². The summed E-state index contributed by atoms with van der Waals surface area (Å²) in [5.74, 6) is 0. The van der Waals surface area contributed by atoms with Crippen LogP contribution >= 0.6 is 0 Å². The molecule has 0 spiro atoms. The van der Waals surface area contributed by atoms with Gasteiger partial charge < -0.3 is 4.90 Å². The second-order valence-corrected chi connectivity index (χ2v) is 5.20. The van der Waals surface area contributed by atoms with Gasteiger partial charge in [-0.1, -0.05) is 0 Å². The summed E-state index contributed by atoms with van der Waals surface area (Å²) in [5, 5.41) is 0. The second kappa shape index (κ2) is 3.46. The van der Waals surface area contributed by atoms with Crippen LogP contribution in [0.5, 0.6) is 0 Å². The van der Waals surface area contributed by atoms with Crippen LogP contribution in [0.4, 0.5) is 0 Å². The zero-order valence-electron chi connectivity index (χ0n) is 9.47. The Morgan fingerprint density at radius 2 is 1.42 bits per heavy atom. The van der Waals surface area contributed by atoms with Crippen molar-refractivity contribution >= 4 is 6.34 Å². The first-order valence-corrected chi connectivity index (χ1v) is 4.41. The molecule has 0 bridgehead atoms. The van der Waals surface area contributed by atoms with Gasteiger partial charge in [-0.15, -0.1) is 0 Å². The van der Waals surface area contributed by atoms with Crippen LogP contribution in [0.3, 0.4) is 0 Å². The molecule has 0 aliphatic rings. The topological polar surface area (TPSA) is 15.6 Å². The van der Waals surface area contributed by atoms with Crippen molar-refractivity contribution in [1.29, 1.82) is 0 Å². The third kappa shape index (κ3) is 5.16. The van der Waals surface area contributed by atoms with E-state index in [-0.39, 0.29) is 11.1 Å². The number of aliphatic imine (C=N–C) groups is 1. The van der Waals surface area contributed by atoms with Gasteiger partial charge >= 0.3 is 0 Å². The molecule has 0 aliphatic heterocycles. The molecule has 0 aromatic carbocycles. The van der Waals surface area contributed by atoms with Crippen LogP contribution in [0.1, 0.15) is 41.5 Å². The maximum atomic E-state index is 4.42. The molecule has 0 saturated carbocycles. The standard InChI is InChI=1S/C10H22N2/c1-9(2,3)11-8-12(7)10(4,5)6/h8H,1-7H3. The van der Waals surface area contributed by atoms with Crippen LogP contribution in [0.2, 0.25) is 0 Å². The Kier molecular flexibility index (Phi) is 3.31. The highest BCUT2D eigenvalue weighted by Gasteiger charge is 2.14. The molecule has 0 N–H and O–H groups in total. The summed E-state index contributed by atoms with van der Waals surface area (Å²) in [6, 6.07) is 0. The van der Waals surface area contributed by atoms with E-state index in [2.05, 4.69) is 58.5 Å². The van der Waals surface area contributed by atoms with Gasteiger partial charge in [0, 0.05) is 12.6 Å². The highest BCUT2D eigenvalue weighted by molar-refractivity contribution is 5.56. The molecule has 0 aliphatic carbocycles. The molecular weight excluding hydrogens is 148 g/mol. The fraction of sp³-hybridized carbons (Fsp3) is 0.900. The van der Waals surface area contributed by atoms with Gasteiger partial charge in [0.1, 0.15) is 0 Å². The Labute approximate surface area is 76.7 Å². The molecule has 12 heavy (non-hydrogen) atoms. The lowest BCUT2D eigenvalue weighted by Crippen LogP contribution is -2.37. The molecule has 2 heteroatoms. The summed E-state index contributed by atoms with van der Waals surface area (Å²) >= 11 is 0. The normalized spacial score (nSPS) is 13.9. The smallest absolute Gasteiger partial charge is 0.0858 e. The van der Waals surface area contributed by atoms with Gasteiger partial charge in [-0.2, -0.15) is 0 Å². The van der Waals surface area contributed by atoms with Gasteiger partial charge in [0.25, 0.3) is 0 Å². The van der Waals surface area contributed by atoms with Gasteiger partial charge in [0.05, 0.1) is 11.9 Å². The molecule has 0 fully saturated rings. The third-order valence-corrected chi connectivity index (χ3v) is 1.68. The van der Waals surface area contributed by atoms with Crippen LogP contribution in [0.25, 0.3) is 0 Å². The molecule has 0 aromatic rings. The van der Waals surface area contributed by atoms with Crippen molar-refractivity contribution in [2.24, 2.45) is 4.99 Å². The number of hydrogen-bond donors (Lipinski definition) is 0. The summed E-state index contributed by atoms with van der Waals surface area (Å²) in [4.78, 5) is 6.55. The highest BCUT2D eigenvalue weighted by atomic mass is 15.2. The van der Waals surface area contributed by atoms with Gasteiger partial charge in [0.2, 0.25) is 0 Å². The van der Waals surface area contributed by atoms with E-state index in [0.717, 1.165) is 0 Å². The van der Waals surface area contributed by atoms with Crippen molar-refractivity contribution in [2.45, 2.75) is 52.6 Å². The average molecular weight is 170 g/mol. The second-order valence-electron chi connectivity index (χ2n) is 5.20. The van der Waals surface area contributed by atoms with Gasteiger partial charge in [0.15, 0.2) is 0 Å². The maximum absolute atomic E-state index is 4.42. The molecular formula is C10H22N2. The average Bonchev–Trinajstić information content (AvgIpc) is 1.78. The van der Waals surface area contributed by atoms with Crippen molar-refractivity contribution in [3.8, 4) is 0 Å². The van der Waals surface area contributed by atoms with Crippen LogP contribution < -0.4 is 0 Å². The first kappa shape index (κ1) is 11.5. The van der Waals surface area contributed by atoms with E-state index >= 15 is 0 Å². The fourth-order valence-corrected chi connectivity index (χ4v) is 0.433. The Morgan fingerprint density at radius 3 is 1.67 bits per heavy atom. The summed E-state index contributed by atoms with van der Waals surface area (Å²) in [7, 11) is 2.05. The summed E-state index contributed by atoms with van der Waals surface area (Å²) < 4.78 is 0. The van der Waals surface area contributed by atoms with E-state index in [1.54, 1.807) is 0 Å². The summed E-state index contributed by atoms with van der Waals surface area (Å²) in [6.07, 6.45) is 1.92. The van der Waals surface area contributed by atoms with Crippen molar-refractivity contribution in [3.63, 3.8) is 0 Å². The lowest BCUT2D eigenvalue weighted by molar-refractivity contribution is 0.287. The minimum Gasteiger partial charge on any atom is -0.361 e. The largest absolute Gasteiger partial charge is 0.361 e. The van der Waals surface area contributed by atoms with E-state index in [1.807, 2.05) is 6.34 Å². The predicted molar refractivity (Wildman–Crippen MR) is 55.8 cm³/mol. The molecule has 0 saturated heterocycles. The first-order valence-electron chi connectivity index (χ1n) is 4.41. The third-order valence-electron chi connectivity index (χ3n) is 1.68. The quantitative estimate of drug-likeness (QED) is 0.436. The Balaban J connectivity index is 4.19. The Bertz CT molecular complexity index is 158.